The molecule has 0 saturated heterocycles. The first-order valence-electron chi connectivity index (χ1n) is 7.20. The van der Waals surface area contributed by atoms with Crippen LogP contribution in [0.1, 0.15) is 5.56 Å². The van der Waals surface area contributed by atoms with Crippen molar-refractivity contribution in [2.45, 2.75) is 17.5 Å². The molecular weight excluding hydrogens is 335 g/mol. The molecule has 0 unspecified atom stereocenters. The Balaban J connectivity index is 1.90. The van der Waals surface area contributed by atoms with Crippen molar-refractivity contribution < 1.29 is 9.13 Å². The zero-order chi connectivity index (χ0) is 16.2. The first kappa shape index (κ1) is 16.3. The van der Waals surface area contributed by atoms with Gasteiger partial charge in [-0.2, -0.15) is 0 Å². The Bertz CT molecular complexity index is 821. The van der Waals surface area contributed by atoms with Gasteiger partial charge in [-0.1, -0.05) is 41.6 Å². The summed E-state index contributed by atoms with van der Waals surface area (Å²) >= 11 is 7.56. The summed E-state index contributed by atoms with van der Waals surface area (Å²) < 4.78 is 21.0. The predicted octanol–water partition coefficient (Wildman–Crippen LogP) is 4.77. The highest BCUT2D eigenvalue weighted by Gasteiger charge is 2.12. The Morgan fingerprint density at radius 1 is 1.26 bits per heavy atom. The molecule has 0 aliphatic rings. The fraction of sp³-hybridized carbons (Fsp3) is 0.235. The van der Waals surface area contributed by atoms with Gasteiger partial charge in [0.15, 0.2) is 5.16 Å². The van der Waals surface area contributed by atoms with E-state index in [-0.39, 0.29) is 5.82 Å². The van der Waals surface area contributed by atoms with Gasteiger partial charge in [-0.15, -0.1) is 0 Å². The van der Waals surface area contributed by atoms with E-state index in [1.165, 1.54) is 17.8 Å². The Kier molecular flexibility index (Phi) is 5.20. The molecule has 3 rings (SSSR count). The van der Waals surface area contributed by atoms with Gasteiger partial charge in [0.05, 0.1) is 17.6 Å². The van der Waals surface area contributed by atoms with Gasteiger partial charge in [-0.25, -0.2) is 9.37 Å². The van der Waals surface area contributed by atoms with Crippen LogP contribution in [-0.4, -0.2) is 23.3 Å². The number of nitrogens with zero attached hydrogens (tertiary/aromatic N) is 2. The Morgan fingerprint density at radius 2 is 2.09 bits per heavy atom. The molecule has 0 saturated carbocycles. The second-order valence-electron chi connectivity index (χ2n) is 5.05. The van der Waals surface area contributed by atoms with Gasteiger partial charge < -0.3 is 9.30 Å². The number of benzene rings is 2. The van der Waals surface area contributed by atoms with Crippen LogP contribution >= 0.6 is 23.4 Å². The van der Waals surface area contributed by atoms with Crippen molar-refractivity contribution in [3.63, 3.8) is 0 Å². The highest BCUT2D eigenvalue weighted by Crippen LogP contribution is 2.28. The molecule has 1 aromatic heterocycles. The number of ether oxygens (including phenoxy) is 1. The van der Waals surface area contributed by atoms with E-state index < -0.39 is 0 Å². The Labute approximate surface area is 143 Å². The summed E-state index contributed by atoms with van der Waals surface area (Å²) in [6.07, 6.45) is 0. The van der Waals surface area contributed by atoms with Gasteiger partial charge in [0, 0.05) is 24.4 Å². The largest absolute Gasteiger partial charge is 0.383 e. The number of fused-ring (bicyclic) bond motifs is 1. The smallest absolute Gasteiger partial charge is 0.169 e. The van der Waals surface area contributed by atoms with E-state index in [9.17, 15) is 4.39 Å². The minimum atomic E-state index is -0.192. The van der Waals surface area contributed by atoms with Gasteiger partial charge in [-0.05, 0) is 29.8 Å². The number of hydrogen-bond donors (Lipinski definition) is 0. The molecule has 0 aliphatic carbocycles. The van der Waals surface area contributed by atoms with Crippen LogP contribution in [0.25, 0.3) is 11.0 Å². The topological polar surface area (TPSA) is 27.1 Å². The van der Waals surface area contributed by atoms with Crippen molar-refractivity contribution in [1.82, 2.24) is 9.55 Å². The second kappa shape index (κ2) is 7.34. The highest BCUT2D eigenvalue weighted by atomic mass is 35.5. The number of methoxy groups -OCH3 is 1. The highest BCUT2D eigenvalue weighted by molar-refractivity contribution is 7.98. The van der Waals surface area contributed by atoms with Crippen molar-refractivity contribution in [1.29, 1.82) is 0 Å². The van der Waals surface area contributed by atoms with E-state index in [0.717, 1.165) is 16.2 Å². The summed E-state index contributed by atoms with van der Waals surface area (Å²) in [5.41, 5.74) is 2.51. The summed E-state index contributed by atoms with van der Waals surface area (Å²) in [5, 5.41) is 1.49. The molecule has 0 bridgehead atoms. The lowest BCUT2D eigenvalue weighted by Crippen LogP contribution is -2.05. The van der Waals surface area contributed by atoms with Crippen molar-refractivity contribution in [3.8, 4) is 0 Å². The minimum absolute atomic E-state index is 0.192. The molecule has 0 atom stereocenters. The summed E-state index contributed by atoms with van der Waals surface area (Å²) in [4.78, 5) is 4.63. The monoisotopic (exact) mass is 350 g/mol. The number of thioether (sulfide) groups is 1. The standard InChI is InChI=1S/C17H16ClFN2OS/c1-22-9-8-21-16-7-6-13(18)10-15(16)20-17(21)23-11-12-4-2-3-5-14(12)19/h2-7,10H,8-9,11H2,1H3. The summed E-state index contributed by atoms with van der Waals surface area (Å²) in [6.45, 7) is 1.27. The Morgan fingerprint density at radius 3 is 2.87 bits per heavy atom. The third kappa shape index (κ3) is 3.68. The molecular formula is C17H16ClFN2OS. The molecule has 6 heteroatoms. The van der Waals surface area contributed by atoms with Crippen molar-refractivity contribution in [2.75, 3.05) is 13.7 Å². The normalized spacial score (nSPS) is 11.3. The number of rotatable bonds is 6. The molecule has 3 nitrogen and oxygen atoms in total. The molecule has 0 aliphatic heterocycles. The van der Waals surface area contributed by atoms with Crippen LogP contribution in [-0.2, 0) is 17.0 Å². The van der Waals surface area contributed by atoms with Crippen molar-refractivity contribution in [3.05, 3.63) is 58.9 Å². The fourth-order valence-electron chi connectivity index (χ4n) is 2.35. The van der Waals surface area contributed by atoms with E-state index in [2.05, 4.69) is 9.55 Å². The molecule has 0 amide bonds. The SMILES string of the molecule is COCCn1c(SCc2ccccc2F)nc2cc(Cl)ccc21. The maximum Gasteiger partial charge on any atom is 0.169 e. The third-order valence-corrected chi connectivity index (χ3v) is 4.77. The molecule has 23 heavy (non-hydrogen) atoms. The Hall–Kier alpha value is -1.56. The maximum atomic E-state index is 13.8. The molecule has 2 aromatic carbocycles. The van der Waals surface area contributed by atoms with Crippen LogP contribution in [0, 0.1) is 5.82 Å². The van der Waals surface area contributed by atoms with E-state index in [4.69, 9.17) is 16.3 Å². The van der Waals surface area contributed by atoms with Crippen LogP contribution < -0.4 is 0 Å². The van der Waals surface area contributed by atoms with E-state index >= 15 is 0 Å². The quantitative estimate of drug-likeness (QED) is 0.599. The molecule has 1 heterocycles. The molecule has 120 valence electrons. The van der Waals surface area contributed by atoms with Gasteiger partial charge in [0.1, 0.15) is 5.82 Å². The van der Waals surface area contributed by atoms with Crippen LogP contribution in [0.15, 0.2) is 47.6 Å². The molecule has 0 radical (unpaired) electrons. The van der Waals surface area contributed by atoms with Gasteiger partial charge in [0.25, 0.3) is 0 Å². The maximum absolute atomic E-state index is 13.8. The fourth-order valence-corrected chi connectivity index (χ4v) is 3.54. The lowest BCUT2D eigenvalue weighted by atomic mass is 10.2. The zero-order valence-electron chi connectivity index (χ0n) is 12.6. The van der Waals surface area contributed by atoms with Crippen molar-refractivity contribution in [2.24, 2.45) is 0 Å². The summed E-state index contributed by atoms with van der Waals surface area (Å²) in [6, 6.07) is 12.4. The number of imidazole rings is 1. The van der Waals surface area contributed by atoms with E-state index in [1.54, 1.807) is 19.2 Å². The van der Waals surface area contributed by atoms with Crippen LogP contribution in [0.3, 0.4) is 0 Å². The molecule has 3 aromatic rings. The average Bonchev–Trinajstić information content (AvgIpc) is 2.88. The predicted molar refractivity (Wildman–Crippen MR) is 92.6 cm³/mol. The minimum Gasteiger partial charge on any atom is -0.383 e. The first-order valence-corrected chi connectivity index (χ1v) is 8.56. The summed E-state index contributed by atoms with van der Waals surface area (Å²) in [7, 11) is 1.67. The lowest BCUT2D eigenvalue weighted by molar-refractivity contribution is 0.186. The second-order valence-corrected chi connectivity index (χ2v) is 6.43. The van der Waals surface area contributed by atoms with Crippen molar-refractivity contribution >= 4 is 34.4 Å². The van der Waals surface area contributed by atoms with E-state index in [0.29, 0.717) is 29.5 Å². The van der Waals surface area contributed by atoms with Gasteiger partial charge >= 0.3 is 0 Å². The van der Waals surface area contributed by atoms with Crippen LogP contribution in [0.4, 0.5) is 4.39 Å². The molecule has 0 fully saturated rings. The van der Waals surface area contributed by atoms with Crippen LogP contribution in [0.2, 0.25) is 5.02 Å². The summed E-state index contributed by atoms with van der Waals surface area (Å²) in [5.74, 6) is 0.332. The van der Waals surface area contributed by atoms with Crippen LogP contribution in [0.5, 0.6) is 0 Å². The third-order valence-electron chi connectivity index (χ3n) is 3.51. The first-order chi connectivity index (χ1) is 11.2. The number of halogens is 2. The number of aromatic nitrogens is 2. The van der Waals surface area contributed by atoms with Gasteiger partial charge in [-0.3, -0.25) is 0 Å². The average molecular weight is 351 g/mol. The lowest BCUT2D eigenvalue weighted by Gasteiger charge is -2.08. The molecule has 0 N–H and O–H groups in total. The number of hydrogen-bond acceptors (Lipinski definition) is 3. The zero-order valence-corrected chi connectivity index (χ0v) is 14.2. The van der Waals surface area contributed by atoms with Gasteiger partial charge in [0.2, 0.25) is 0 Å². The molecule has 0 spiro atoms. The van der Waals surface area contributed by atoms with E-state index in [1.807, 2.05) is 24.3 Å².